The average Bonchev–Trinajstić information content (AvgIpc) is 3.04. The number of aromatic nitrogens is 3. The normalized spacial score (nSPS) is 13.8. The molecule has 7 nitrogen and oxygen atoms in total. The molecule has 0 radical (unpaired) electrons. The van der Waals surface area contributed by atoms with Crippen molar-refractivity contribution in [2.75, 3.05) is 14.2 Å². The van der Waals surface area contributed by atoms with E-state index in [9.17, 15) is 9.18 Å². The SMILES string of the molecule is C=C(C)N=C(F)/C(=C\C)c1cc2c(cc1OC)ncc1c2n(/C(=C/C)C(C)=NC)c(=O)n1C. The van der Waals surface area contributed by atoms with Crippen LogP contribution in [0.3, 0.4) is 0 Å². The number of halogens is 1. The summed E-state index contributed by atoms with van der Waals surface area (Å²) in [4.78, 5) is 26.0. The van der Waals surface area contributed by atoms with E-state index in [0.29, 0.717) is 50.4 Å². The summed E-state index contributed by atoms with van der Waals surface area (Å²) >= 11 is 0. The molecule has 0 saturated heterocycles. The van der Waals surface area contributed by atoms with Crippen molar-refractivity contribution in [1.82, 2.24) is 14.1 Å². The lowest BCUT2D eigenvalue weighted by molar-refractivity contribution is 0.414. The van der Waals surface area contributed by atoms with Crippen LogP contribution in [0, 0.1) is 0 Å². The minimum absolute atomic E-state index is 0.228. The van der Waals surface area contributed by atoms with Gasteiger partial charge in [0.05, 0.1) is 41.3 Å². The number of benzene rings is 1. The predicted octanol–water partition coefficient (Wildman–Crippen LogP) is 5.15. The summed E-state index contributed by atoms with van der Waals surface area (Å²) in [6, 6.07) is 3.52. The fourth-order valence-corrected chi connectivity index (χ4v) is 3.86. The highest BCUT2D eigenvalue weighted by Crippen LogP contribution is 2.35. The number of ether oxygens (including phenoxy) is 1. The van der Waals surface area contributed by atoms with Crippen LogP contribution in [0.2, 0.25) is 0 Å². The van der Waals surface area contributed by atoms with Gasteiger partial charge in [0.2, 0.25) is 5.97 Å². The molecule has 0 aliphatic carbocycles. The van der Waals surface area contributed by atoms with Gasteiger partial charge >= 0.3 is 5.69 Å². The van der Waals surface area contributed by atoms with Gasteiger partial charge in [0.1, 0.15) is 5.75 Å². The molecule has 172 valence electrons. The van der Waals surface area contributed by atoms with Crippen LogP contribution in [0.5, 0.6) is 5.75 Å². The fraction of sp³-hybridized carbons (Fsp3) is 0.280. The summed E-state index contributed by atoms with van der Waals surface area (Å²) in [6.45, 7) is 10.7. The molecular weight excluding hydrogens is 421 g/mol. The maximum Gasteiger partial charge on any atom is 0.333 e. The zero-order valence-corrected chi connectivity index (χ0v) is 20.0. The Morgan fingerprint density at radius 2 is 1.94 bits per heavy atom. The number of pyridine rings is 1. The monoisotopic (exact) mass is 449 g/mol. The van der Waals surface area contributed by atoms with Crippen LogP contribution in [0.25, 0.3) is 33.2 Å². The van der Waals surface area contributed by atoms with Crippen molar-refractivity contribution in [3.05, 3.63) is 58.8 Å². The van der Waals surface area contributed by atoms with E-state index in [-0.39, 0.29) is 11.3 Å². The second kappa shape index (κ2) is 9.36. The molecule has 0 saturated carbocycles. The van der Waals surface area contributed by atoms with E-state index < -0.39 is 5.97 Å². The number of aliphatic imine (C=N–C) groups is 2. The number of methoxy groups -OCH3 is 1. The maximum atomic E-state index is 15.0. The molecule has 0 fully saturated rings. The molecule has 1 aromatic carbocycles. The van der Waals surface area contributed by atoms with Crippen molar-refractivity contribution in [1.29, 1.82) is 0 Å². The summed E-state index contributed by atoms with van der Waals surface area (Å²) in [5.74, 6) is -0.228. The minimum Gasteiger partial charge on any atom is -0.496 e. The molecule has 0 aliphatic heterocycles. The van der Waals surface area contributed by atoms with Gasteiger partial charge in [0, 0.05) is 42.4 Å². The first-order chi connectivity index (χ1) is 15.7. The summed E-state index contributed by atoms with van der Waals surface area (Å²) < 4.78 is 23.7. The van der Waals surface area contributed by atoms with E-state index in [1.54, 1.807) is 56.9 Å². The topological polar surface area (TPSA) is 73.8 Å². The third-order valence-corrected chi connectivity index (χ3v) is 5.52. The lowest BCUT2D eigenvalue weighted by atomic mass is 10.0. The van der Waals surface area contributed by atoms with Crippen LogP contribution < -0.4 is 10.4 Å². The minimum atomic E-state index is -0.670. The Hall–Kier alpha value is -3.81. The molecule has 33 heavy (non-hydrogen) atoms. The first-order valence-corrected chi connectivity index (χ1v) is 10.4. The average molecular weight is 450 g/mol. The van der Waals surface area contributed by atoms with Crippen molar-refractivity contribution >= 4 is 44.9 Å². The van der Waals surface area contributed by atoms with Gasteiger partial charge in [0.15, 0.2) is 0 Å². The maximum absolute atomic E-state index is 15.0. The molecular formula is C25H28FN5O2. The van der Waals surface area contributed by atoms with Gasteiger partial charge in [0.25, 0.3) is 0 Å². The Morgan fingerprint density at radius 3 is 2.48 bits per heavy atom. The van der Waals surface area contributed by atoms with Crippen molar-refractivity contribution in [2.45, 2.75) is 27.7 Å². The highest BCUT2D eigenvalue weighted by molar-refractivity contribution is 6.22. The van der Waals surface area contributed by atoms with E-state index in [2.05, 4.69) is 21.5 Å². The lowest BCUT2D eigenvalue weighted by Crippen LogP contribution is -2.24. The number of nitrogens with zero attached hydrogens (tertiary/aromatic N) is 5. The number of fused-ring (bicyclic) bond motifs is 3. The van der Waals surface area contributed by atoms with Crippen LogP contribution in [0.4, 0.5) is 4.39 Å². The van der Waals surface area contributed by atoms with Gasteiger partial charge in [-0.2, -0.15) is 4.39 Å². The summed E-state index contributed by atoms with van der Waals surface area (Å²) in [5, 5.41) is 0.673. The summed E-state index contributed by atoms with van der Waals surface area (Å²) in [5.41, 5.74) is 4.15. The van der Waals surface area contributed by atoms with E-state index >= 15 is 0 Å². The molecule has 0 bridgehead atoms. The highest BCUT2D eigenvalue weighted by Gasteiger charge is 2.22. The standard InChI is InChI=1S/C25H28FN5O2/c1-9-16(24(26)29-14(3)4)17-11-18-19(12-22(17)33-8)28-13-21-23(18)31(25(32)30(21)7)20(10-2)15(5)27-6/h9-13H,3H2,1-2,4-8H3/b16-9-,20-10+,27-15?,29-24?. The van der Waals surface area contributed by atoms with Gasteiger partial charge in [-0.25, -0.2) is 9.79 Å². The van der Waals surface area contributed by atoms with E-state index in [1.807, 2.05) is 19.9 Å². The molecule has 3 rings (SSSR count). The number of aryl methyl sites for hydroxylation is 1. The predicted molar refractivity (Wildman–Crippen MR) is 135 cm³/mol. The van der Waals surface area contributed by atoms with Crippen LogP contribution in [-0.2, 0) is 7.05 Å². The zero-order valence-electron chi connectivity index (χ0n) is 20.0. The van der Waals surface area contributed by atoms with E-state index in [1.165, 1.54) is 11.7 Å². The molecule has 0 atom stereocenters. The molecule has 0 unspecified atom stereocenters. The first-order valence-electron chi connectivity index (χ1n) is 10.4. The lowest BCUT2D eigenvalue weighted by Gasteiger charge is -2.14. The summed E-state index contributed by atoms with van der Waals surface area (Å²) in [6.07, 6.45) is 5.12. The third kappa shape index (κ3) is 4.04. The van der Waals surface area contributed by atoms with Gasteiger partial charge < -0.3 is 4.74 Å². The second-order valence-electron chi connectivity index (χ2n) is 7.56. The number of hydrogen-bond acceptors (Lipinski definition) is 5. The van der Waals surface area contributed by atoms with Gasteiger partial charge in [-0.15, -0.1) is 0 Å². The third-order valence-electron chi connectivity index (χ3n) is 5.52. The molecule has 0 aliphatic rings. The first kappa shape index (κ1) is 23.8. The van der Waals surface area contributed by atoms with Crippen molar-refractivity contribution < 1.29 is 9.13 Å². The van der Waals surface area contributed by atoms with Crippen molar-refractivity contribution in [3.63, 3.8) is 0 Å². The molecule has 0 spiro atoms. The zero-order chi connectivity index (χ0) is 24.4. The van der Waals surface area contributed by atoms with E-state index in [4.69, 9.17) is 4.74 Å². The molecule has 0 amide bonds. The van der Waals surface area contributed by atoms with Crippen molar-refractivity contribution in [3.8, 4) is 5.75 Å². The van der Waals surface area contributed by atoms with Crippen LogP contribution in [0.15, 0.2) is 57.5 Å². The fourth-order valence-electron chi connectivity index (χ4n) is 3.86. The molecule has 8 heteroatoms. The van der Waals surface area contributed by atoms with Gasteiger partial charge in [-0.1, -0.05) is 18.7 Å². The molecule has 3 aromatic rings. The quantitative estimate of drug-likeness (QED) is 0.488. The smallest absolute Gasteiger partial charge is 0.333 e. The van der Waals surface area contributed by atoms with Crippen LogP contribution in [0.1, 0.15) is 33.3 Å². The van der Waals surface area contributed by atoms with Gasteiger partial charge in [-0.3, -0.25) is 19.1 Å². The number of hydrogen-bond donors (Lipinski definition) is 0. The Balaban J connectivity index is 2.53. The number of imidazole rings is 1. The second-order valence-corrected chi connectivity index (χ2v) is 7.56. The van der Waals surface area contributed by atoms with Gasteiger partial charge in [-0.05, 0) is 33.8 Å². The molecule has 2 heterocycles. The van der Waals surface area contributed by atoms with Crippen LogP contribution in [-0.4, -0.2) is 40.0 Å². The summed E-state index contributed by atoms with van der Waals surface area (Å²) in [7, 11) is 4.89. The van der Waals surface area contributed by atoms with E-state index in [0.717, 1.165) is 0 Å². The van der Waals surface area contributed by atoms with Crippen LogP contribution >= 0.6 is 0 Å². The Kier molecular flexibility index (Phi) is 6.76. The largest absolute Gasteiger partial charge is 0.496 e. The highest BCUT2D eigenvalue weighted by atomic mass is 19.1. The number of rotatable bonds is 6. The number of allylic oxidation sites excluding steroid dienone is 5. The Morgan fingerprint density at radius 1 is 1.24 bits per heavy atom. The van der Waals surface area contributed by atoms with Crippen molar-refractivity contribution in [2.24, 2.45) is 17.0 Å². The Labute approximate surface area is 191 Å². The molecule has 2 aromatic heterocycles. The molecule has 0 N–H and O–H groups in total. The Bertz CT molecular complexity index is 1450.